The van der Waals surface area contributed by atoms with Gasteiger partial charge in [-0.15, -0.1) is 0 Å². The highest BCUT2D eigenvalue weighted by Crippen LogP contribution is 2.22. The van der Waals surface area contributed by atoms with Gasteiger partial charge in [0, 0.05) is 11.6 Å². The van der Waals surface area contributed by atoms with Crippen molar-refractivity contribution >= 4 is 23.4 Å². The van der Waals surface area contributed by atoms with Crippen molar-refractivity contribution in [2.45, 2.75) is 6.42 Å². The number of nitrogens with one attached hydrogen (secondary N) is 3. The Balaban J connectivity index is 2.10. The number of ether oxygens (including phenoxy) is 1. The molecule has 1 aromatic carbocycles. The van der Waals surface area contributed by atoms with Gasteiger partial charge in [-0.2, -0.15) is 0 Å². The summed E-state index contributed by atoms with van der Waals surface area (Å²) in [4.78, 5) is 23.6. The van der Waals surface area contributed by atoms with Crippen molar-refractivity contribution in [2.24, 2.45) is 0 Å². The maximum atomic E-state index is 12.1. The summed E-state index contributed by atoms with van der Waals surface area (Å²) in [7, 11) is 0. The molecule has 0 saturated heterocycles. The van der Waals surface area contributed by atoms with Crippen molar-refractivity contribution in [3.63, 3.8) is 0 Å². The first-order valence-corrected chi connectivity index (χ1v) is 7.22. The maximum absolute atomic E-state index is 12.1. The predicted octanol–water partition coefficient (Wildman–Crippen LogP) is 0.558. The molecule has 114 valence electrons. The largest absolute Gasteiger partial charge is 0.491 e. The molecule has 1 aliphatic rings. The average molecular weight is 312 g/mol. The van der Waals surface area contributed by atoms with E-state index in [0.29, 0.717) is 36.0 Å². The number of carbonyl (C=O) groups is 2. The molecule has 0 atom stereocenters. The Bertz CT molecular complexity index is 522. The fourth-order valence-corrected chi connectivity index (χ4v) is 2.10. The van der Waals surface area contributed by atoms with Crippen LogP contribution in [0, 0.1) is 0 Å². The molecule has 6 nitrogen and oxygen atoms in total. The summed E-state index contributed by atoms with van der Waals surface area (Å²) in [6.45, 7) is 2.10. The molecule has 0 unspecified atom stereocenters. The van der Waals surface area contributed by atoms with Crippen LogP contribution in [0.4, 0.5) is 0 Å². The number of rotatable bonds is 0. The normalized spacial score (nSPS) is 17.8. The third-order valence-corrected chi connectivity index (χ3v) is 3.20. The van der Waals surface area contributed by atoms with Crippen LogP contribution in [0.1, 0.15) is 16.8 Å². The molecular formula is C14H18ClN3O3. The highest BCUT2D eigenvalue weighted by molar-refractivity contribution is 6.31. The van der Waals surface area contributed by atoms with E-state index in [-0.39, 0.29) is 25.0 Å². The van der Waals surface area contributed by atoms with Crippen molar-refractivity contribution < 1.29 is 14.3 Å². The molecule has 0 fully saturated rings. The minimum Gasteiger partial charge on any atom is -0.491 e. The van der Waals surface area contributed by atoms with Gasteiger partial charge >= 0.3 is 0 Å². The smallest absolute Gasteiger partial charge is 0.255 e. The van der Waals surface area contributed by atoms with Gasteiger partial charge in [0.1, 0.15) is 12.4 Å². The summed E-state index contributed by atoms with van der Waals surface area (Å²) in [5.41, 5.74) is 0.402. The lowest BCUT2D eigenvalue weighted by atomic mass is 10.2. The van der Waals surface area contributed by atoms with E-state index < -0.39 is 0 Å². The summed E-state index contributed by atoms with van der Waals surface area (Å²) < 4.78 is 5.55. The highest BCUT2D eigenvalue weighted by Gasteiger charge is 2.13. The SMILES string of the molecule is O=C1CNCCCNC(=O)c2cc(Cl)ccc2OCCN1. The minimum atomic E-state index is -0.214. The van der Waals surface area contributed by atoms with E-state index >= 15 is 0 Å². The number of benzene rings is 1. The first kappa shape index (κ1) is 15.6. The Labute approximate surface area is 128 Å². The molecule has 21 heavy (non-hydrogen) atoms. The number of fused-ring (bicyclic) bond motifs is 1. The second kappa shape index (κ2) is 7.85. The quantitative estimate of drug-likeness (QED) is 0.654. The van der Waals surface area contributed by atoms with Gasteiger partial charge in [0.25, 0.3) is 5.91 Å². The fraction of sp³-hybridized carbons (Fsp3) is 0.429. The predicted molar refractivity (Wildman–Crippen MR) is 79.8 cm³/mol. The number of hydrogen-bond acceptors (Lipinski definition) is 4. The van der Waals surface area contributed by atoms with Gasteiger partial charge in [0.05, 0.1) is 18.7 Å². The van der Waals surface area contributed by atoms with E-state index in [1.165, 1.54) is 0 Å². The molecule has 0 spiro atoms. The van der Waals surface area contributed by atoms with E-state index in [0.717, 1.165) is 6.42 Å². The lowest BCUT2D eigenvalue weighted by molar-refractivity contribution is -0.120. The van der Waals surface area contributed by atoms with Gasteiger partial charge in [-0.25, -0.2) is 0 Å². The summed E-state index contributed by atoms with van der Waals surface area (Å²) in [6.07, 6.45) is 0.732. The Morgan fingerprint density at radius 3 is 2.81 bits per heavy atom. The van der Waals surface area contributed by atoms with Crippen LogP contribution in [-0.4, -0.2) is 44.6 Å². The second-order valence-corrected chi connectivity index (χ2v) is 5.06. The summed E-state index contributed by atoms with van der Waals surface area (Å²) in [5, 5.41) is 9.03. The molecule has 7 heteroatoms. The zero-order chi connectivity index (χ0) is 15.1. The van der Waals surface area contributed by atoms with Gasteiger partial charge in [-0.1, -0.05) is 11.6 Å². The number of carbonyl (C=O) groups excluding carboxylic acids is 2. The molecule has 2 amide bonds. The zero-order valence-electron chi connectivity index (χ0n) is 11.6. The van der Waals surface area contributed by atoms with E-state index in [9.17, 15) is 9.59 Å². The van der Waals surface area contributed by atoms with Crippen LogP contribution in [0.25, 0.3) is 0 Å². The molecular weight excluding hydrogens is 294 g/mol. The lowest BCUT2D eigenvalue weighted by Gasteiger charge is -2.14. The summed E-state index contributed by atoms with van der Waals surface area (Å²) in [6, 6.07) is 4.90. The molecule has 0 radical (unpaired) electrons. The van der Waals surface area contributed by atoms with Crippen molar-refractivity contribution in [3.05, 3.63) is 28.8 Å². The zero-order valence-corrected chi connectivity index (χ0v) is 12.3. The van der Waals surface area contributed by atoms with Crippen LogP contribution in [0.3, 0.4) is 0 Å². The van der Waals surface area contributed by atoms with Crippen molar-refractivity contribution in [1.82, 2.24) is 16.0 Å². The first-order valence-electron chi connectivity index (χ1n) is 6.85. The van der Waals surface area contributed by atoms with Gasteiger partial charge in [-0.3, -0.25) is 9.59 Å². The minimum absolute atomic E-state index is 0.0731. The van der Waals surface area contributed by atoms with Gasteiger partial charge in [0.2, 0.25) is 5.91 Å². The third kappa shape index (κ3) is 4.91. The standard InChI is InChI=1S/C14H18ClN3O3/c15-10-2-3-12-11(8-10)14(20)18-5-1-4-16-9-13(19)17-6-7-21-12/h2-3,8,16H,1,4-7,9H2,(H,17,19)(H,18,20). The summed E-state index contributed by atoms with van der Waals surface area (Å²) >= 11 is 5.93. The van der Waals surface area contributed by atoms with Crippen molar-refractivity contribution in [1.29, 1.82) is 0 Å². The van der Waals surface area contributed by atoms with E-state index in [2.05, 4.69) is 16.0 Å². The molecule has 0 saturated carbocycles. The van der Waals surface area contributed by atoms with Crippen molar-refractivity contribution in [2.75, 3.05) is 32.8 Å². The van der Waals surface area contributed by atoms with Crippen LogP contribution in [0.15, 0.2) is 18.2 Å². The van der Waals surface area contributed by atoms with Crippen molar-refractivity contribution in [3.8, 4) is 5.75 Å². The monoisotopic (exact) mass is 311 g/mol. The molecule has 1 aromatic rings. The molecule has 0 bridgehead atoms. The molecule has 3 N–H and O–H groups in total. The Morgan fingerprint density at radius 2 is 1.95 bits per heavy atom. The second-order valence-electron chi connectivity index (χ2n) is 4.63. The number of hydrogen-bond donors (Lipinski definition) is 3. The van der Waals surface area contributed by atoms with E-state index in [4.69, 9.17) is 16.3 Å². The average Bonchev–Trinajstić information content (AvgIpc) is 2.47. The Hall–Kier alpha value is -1.79. The van der Waals surface area contributed by atoms with Crippen LogP contribution in [0.5, 0.6) is 5.75 Å². The topological polar surface area (TPSA) is 79.5 Å². The van der Waals surface area contributed by atoms with E-state index in [1.54, 1.807) is 18.2 Å². The molecule has 1 aliphatic heterocycles. The van der Waals surface area contributed by atoms with E-state index in [1.807, 2.05) is 0 Å². The highest BCUT2D eigenvalue weighted by atomic mass is 35.5. The fourth-order valence-electron chi connectivity index (χ4n) is 1.93. The number of amides is 2. The lowest BCUT2D eigenvalue weighted by Crippen LogP contribution is -2.37. The number of halogens is 1. The van der Waals surface area contributed by atoms with Crippen LogP contribution in [-0.2, 0) is 4.79 Å². The Kier molecular flexibility index (Phi) is 5.83. The van der Waals surface area contributed by atoms with Crippen LogP contribution in [0.2, 0.25) is 5.02 Å². The van der Waals surface area contributed by atoms with Crippen LogP contribution >= 0.6 is 11.6 Å². The first-order chi connectivity index (χ1) is 10.2. The molecule has 1 heterocycles. The molecule has 2 rings (SSSR count). The van der Waals surface area contributed by atoms with Gasteiger partial charge in [-0.05, 0) is 31.2 Å². The summed E-state index contributed by atoms with van der Waals surface area (Å²) in [5.74, 6) is 0.172. The van der Waals surface area contributed by atoms with Gasteiger partial charge in [0.15, 0.2) is 0 Å². The van der Waals surface area contributed by atoms with Gasteiger partial charge < -0.3 is 20.7 Å². The van der Waals surface area contributed by atoms with Crippen LogP contribution < -0.4 is 20.7 Å². The third-order valence-electron chi connectivity index (χ3n) is 2.97. The maximum Gasteiger partial charge on any atom is 0.255 e. The molecule has 0 aromatic heterocycles. The Morgan fingerprint density at radius 1 is 1.10 bits per heavy atom. The molecule has 0 aliphatic carbocycles.